The topological polar surface area (TPSA) is 110 Å². The third kappa shape index (κ3) is 10.5. The number of rotatable bonds is 6. The van der Waals surface area contributed by atoms with E-state index in [1.807, 2.05) is 18.2 Å². The fourth-order valence-electron chi connectivity index (χ4n) is 10.7. The largest absolute Gasteiger partial charge is 2.00 e. The van der Waals surface area contributed by atoms with Crippen molar-refractivity contribution in [3.8, 4) is 56.3 Å². The molecule has 382 valence electrons. The first-order valence-electron chi connectivity index (χ1n) is 26.4. The Morgan fingerprint density at radius 1 is 0.378 bits per heavy atom. The first kappa shape index (κ1) is 54.3. The van der Waals surface area contributed by atoms with Crippen molar-refractivity contribution in [1.29, 1.82) is 0 Å². The minimum atomic E-state index is 0. The van der Waals surface area contributed by atoms with Crippen LogP contribution in [0.5, 0.6) is 0 Å². The Balaban J connectivity index is 0.00000333. The zero-order chi connectivity index (χ0) is 53.8. The van der Waals surface area contributed by atoms with Gasteiger partial charge in [-0.05, 0) is 144 Å². The predicted octanol–water partition coefficient (Wildman–Crippen LogP) is 14.7. The number of nitrogens with zero attached hydrogens (tertiary/aromatic N) is 6. The summed E-state index contributed by atoms with van der Waals surface area (Å²) in [6.07, 6.45) is 21.0. The smallest absolute Gasteiger partial charge is 0.657 e. The first-order valence-corrected chi connectivity index (χ1v) is 28.8. The molecule has 12 heteroatoms. The minimum Gasteiger partial charge on any atom is -0.657 e. The average molecular weight is 1160 g/mol. The molecule has 0 amide bonds. The molecular weight excluding hydrogens is 1110 g/mol. The van der Waals surface area contributed by atoms with Crippen molar-refractivity contribution < 1.29 is 29.4 Å². The second-order valence-corrected chi connectivity index (χ2v) is 21.7. The van der Waals surface area contributed by atoms with Crippen LogP contribution in [-0.4, -0.2) is 45.5 Å². The molecule has 10 heterocycles. The number of fused-ring (bicyclic) bond motifs is 16. The number of thioether (sulfide) groups is 2. The van der Waals surface area contributed by atoms with Crippen LogP contribution in [-0.2, 0) is 19.5 Å². The number of hydrogen-bond acceptors (Lipinski definition) is 4. The summed E-state index contributed by atoms with van der Waals surface area (Å²) in [6, 6.07) is 55.0. The van der Waals surface area contributed by atoms with E-state index in [2.05, 4.69) is 236 Å². The molecule has 6 aromatic heterocycles. The summed E-state index contributed by atoms with van der Waals surface area (Å²) in [5, 5.41) is 0. The molecule has 8 nitrogen and oxygen atoms in total. The third-order valence-electron chi connectivity index (χ3n) is 15.0. The zero-order valence-electron chi connectivity index (χ0n) is 45.5. The molecule has 14 rings (SSSR count). The van der Waals surface area contributed by atoms with Gasteiger partial charge in [-0.25, -0.2) is 19.9 Å². The van der Waals surface area contributed by atoms with Crippen molar-refractivity contribution in [2.24, 2.45) is 0 Å². The fraction of sp³-hybridized carbons (Fsp3) is 0.0571. The van der Waals surface area contributed by atoms with E-state index < -0.39 is 0 Å². The normalized spacial score (nSPS) is 12.0. The molecule has 0 saturated heterocycles. The van der Waals surface area contributed by atoms with Gasteiger partial charge in [0.25, 0.3) is 0 Å². The fourth-order valence-corrected chi connectivity index (χ4v) is 11.6. The van der Waals surface area contributed by atoms with E-state index in [4.69, 9.17) is 29.9 Å². The predicted molar refractivity (Wildman–Crippen MR) is 338 cm³/mol. The van der Waals surface area contributed by atoms with E-state index in [9.17, 15) is 0 Å². The summed E-state index contributed by atoms with van der Waals surface area (Å²) in [7, 11) is 0. The monoisotopic (exact) mass is 1150 g/mol. The van der Waals surface area contributed by atoms with Gasteiger partial charge >= 0.3 is 42.5 Å². The van der Waals surface area contributed by atoms with Gasteiger partial charge in [-0.2, -0.15) is 0 Å². The molecular formula is C70H48MgN8S2Zn+2. The maximum atomic E-state index is 5.42. The summed E-state index contributed by atoms with van der Waals surface area (Å²) in [5.74, 6) is 6.91. The Hall–Kier alpha value is -8.27. The molecule has 0 radical (unpaired) electrons. The van der Waals surface area contributed by atoms with Crippen LogP contribution in [0.15, 0.2) is 168 Å². The Kier molecular flexibility index (Phi) is 15.2. The molecule has 0 atom stereocenters. The number of aromatic nitrogens is 8. The van der Waals surface area contributed by atoms with Crippen molar-refractivity contribution in [2.45, 2.75) is 23.6 Å². The van der Waals surface area contributed by atoms with Crippen LogP contribution < -0.4 is 29.9 Å². The van der Waals surface area contributed by atoms with Crippen molar-refractivity contribution in [1.82, 2.24) is 29.9 Å². The van der Waals surface area contributed by atoms with E-state index in [1.165, 1.54) is 9.79 Å². The van der Waals surface area contributed by atoms with Crippen LogP contribution >= 0.6 is 23.5 Å². The van der Waals surface area contributed by atoms with Gasteiger partial charge < -0.3 is 19.9 Å². The van der Waals surface area contributed by atoms with Crippen LogP contribution in [0.2, 0.25) is 0 Å². The van der Waals surface area contributed by atoms with Gasteiger partial charge in [0, 0.05) is 61.9 Å². The second-order valence-electron chi connectivity index (χ2n) is 19.9. The van der Waals surface area contributed by atoms with E-state index in [1.54, 1.807) is 23.5 Å². The van der Waals surface area contributed by atoms with Gasteiger partial charge in [-0.3, -0.25) is 0 Å². The molecule has 82 heavy (non-hydrogen) atoms. The Labute approximate surface area is 512 Å². The maximum Gasteiger partial charge on any atom is 2.00 e. The minimum absolute atomic E-state index is 0. The van der Waals surface area contributed by atoms with Crippen LogP contribution in [0.25, 0.3) is 137 Å². The van der Waals surface area contributed by atoms with Crippen molar-refractivity contribution in [3.05, 3.63) is 226 Å². The van der Waals surface area contributed by atoms with Gasteiger partial charge in [0.1, 0.15) is 0 Å². The van der Waals surface area contributed by atoms with E-state index in [-0.39, 0.29) is 42.5 Å². The molecule has 0 fully saturated rings. The molecule has 4 aromatic carbocycles. The third-order valence-corrected chi connectivity index (χ3v) is 16.5. The van der Waals surface area contributed by atoms with E-state index in [0.717, 1.165) is 156 Å². The summed E-state index contributed by atoms with van der Waals surface area (Å²) < 4.78 is 0. The first-order chi connectivity index (χ1) is 39.3. The molecule has 0 unspecified atom stereocenters. The zero-order valence-corrected chi connectivity index (χ0v) is 51.6. The van der Waals surface area contributed by atoms with Crippen LogP contribution in [0, 0.1) is 25.7 Å². The van der Waals surface area contributed by atoms with Gasteiger partial charge in [0.2, 0.25) is 22.8 Å². The van der Waals surface area contributed by atoms with Gasteiger partial charge in [-0.1, -0.05) is 115 Å². The summed E-state index contributed by atoms with van der Waals surface area (Å²) in [5.41, 5.74) is 26.1. The molecule has 0 saturated carbocycles. The number of aromatic amines is 2. The molecule has 0 aliphatic carbocycles. The van der Waals surface area contributed by atoms with Gasteiger partial charge in [-0.15, -0.1) is 67.7 Å². The molecule has 16 bridgehead atoms. The van der Waals surface area contributed by atoms with Crippen molar-refractivity contribution in [2.75, 3.05) is 12.5 Å². The Morgan fingerprint density at radius 3 is 1.40 bits per heavy atom. The molecule has 10 aromatic rings. The Bertz CT molecular complexity index is 4640. The molecule has 2 N–H and O–H groups in total. The standard InChI is InChI=1S/C70H46N8S2.Mg.Zn/c1-41-55-27-19-49(71-55)39-51-21-29-59(73-51)67(47-15-23-53(79-3)24-16-47)63-35-37-65(77-63)69(61-33-31-57(41)75-61)45-11-7-43(8-12-45)5-6-44-9-13-46(14-10-44)70-62-34-32-58(76-62)42(2)56-28-20-50(72-56)40-52-22-30-60(74-52)68(64-36-38-66(70)78-64)48-17-25-54(80-4)26-18-48;;/h7-40H,1-4H3;;/q-4;2*+2/p+2. The van der Waals surface area contributed by atoms with Crippen molar-refractivity contribution in [3.63, 3.8) is 0 Å². The Morgan fingerprint density at radius 2 is 0.805 bits per heavy atom. The number of hydrogen-bond donors (Lipinski definition) is 0. The summed E-state index contributed by atoms with van der Waals surface area (Å²) in [6.45, 7) is 4.19. The van der Waals surface area contributed by atoms with E-state index >= 15 is 0 Å². The van der Waals surface area contributed by atoms with Crippen LogP contribution in [0.1, 0.15) is 67.8 Å². The number of H-pyrrole nitrogens is 2. The van der Waals surface area contributed by atoms with Crippen LogP contribution in [0.4, 0.5) is 0 Å². The molecule has 0 spiro atoms. The average Bonchev–Trinajstić information content (AvgIpc) is 4.44. The molecule has 4 aliphatic heterocycles. The van der Waals surface area contributed by atoms with Gasteiger partial charge in [0.15, 0.2) is 0 Å². The van der Waals surface area contributed by atoms with Gasteiger partial charge in [0.05, 0.1) is 22.8 Å². The number of benzene rings is 4. The quantitative estimate of drug-likeness (QED) is 0.0920. The van der Waals surface area contributed by atoms with Crippen LogP contribution in [0.3, 0.4) is 0 Å². The van der Waals surface area contributed by atoms with E-state index in [0.29, 0.717) is 0 Å². The number of aryl methyl sites for hydroxylation is 2. The summed E-state index contributed by atoms with van der Waals surface area (Å²) in [4.78, 5) is 41.0. The molecule has 4 aliphatic rings. The number of nitrogens with one attached hydrogen (secondary N) is 2. The maximum absolute atomic E-state index is 5.42. The summed E-state index contributed by atoms with van der Waals surface area (Å²) >= 11 is 3.45. The SMILES string of the molecule is CSc1ccc(-c2c3nc(c(-c4ccc(C#Cc5ccc(-c6c7[nH+]c(c(C)c8ccc(cc9[nH+]c(c(-c%10ccc(SC)cc%10)c%10ccc6[n-]%10)C=C9)[n-]8)C=C7)cc5)cc4)c4ccc([n-]4)c(C)c4nc(cc5ccc2[n-]5)C=C4)C=C3)cc1.[Mg+2].[Zn+2]. The second kappa shape index (κ2) is 22.9. The van der Waals surface area contributed by atoms with Crippen molar-refractivity contribution >= 4 is 139 Å².